The van der Waals surface area contributed by atoms with E-state index in [2.05, 4.69) is 15.3 Å². The summed E-state index contributed by atoms with van der Waals surface area (Å²) in [6, 6.07) is 7.79. The second-order valence-electron chi connectivity index (χ2n) is 3.92. The van der Waals surface area contributed by atoms with E-state index in [0.717, 1.165) is 23.1 Å². The molecule has 0 aliphatic heterocycles. The summed E-state index contributed by atoms with van der Waals surface area (Å²) in [5.74, 6) is 0. The lowest BCUT2D eigenvalue weighted by atomic mass is 10.1. The molecule has 0 aliphatic rings. The van der Waals surface area contributed by atoms with E-state index >= 15 is 0 Å². The zero-order valence-corrected chi connectivity index (χ0v) is 10.4. The maximum atomic E-state index is 5.92. The number of nitrogens with zero attached hydrogens (tertiary/aromatic N) is 2. The smallest absolute Gasteiger partial charge is 0.0951 e. The minimum absolute atomic E-state index is 0.703. The molecule has 2 aromatic heterocycles. The Kier molecular flexibility index (Phi) is 2.82. The molecular formula is C13H12N4S. The number of nitrogens with one attached hydrogen (secondary N) is 1. The first-order chi connectivity index (χ1) is 8.84. The second-order valence-corrected chi connectivity index (χ2v) is 4.89. The van der Waals surface area contributed by atoms with E-state index in [1.165, 1.54) is 4.88 Å². The molecule has 1 aromatic carbocycles. The number of nitrogen functional groups attached to an aromatic ring is 1. The van der Waals surface area contributed by atoms with Crippen LogP contribution in [0.1, 0.15) is 4.88 Å². The summed E-state index contributed by atoms with van der Waals surface area (Å²) in [6.45, 7) is 0.762. The molecule has 0 radical (unpaired) electrons. The van der Waals surface area contributed by atoms with Crippen molar-refractivity contribution in [3.05, 3.63) is 47.0 Å². The van der Waals surface area contributed by atoms with Crippen LogP contribution in [-0.2, 0) is 6.54 Å². The quantitative estimate of drug-likeness (QED) is 0.707. The number of hydrogen-bond donors (Lipinski definition) is 2. The Balaban J connectivity index is 1.94. The van der Waals surface area contributed by atoms with Gasteiger partial charge in [-0.05, 0) is 12.1 Å². The van der Waals surface area contributed by atoms with Crippen LogP contribution in [0.3, 0.4) is 0 Å². The van der Waals surface area contributed by atoms with Crippen LogP contribution in [-0.4, -0.2) is 9.97 Å². The van der Waals surface area contributed by atoms with Gasteiger partial charge in [0.05, 0.1) is 23.3 Å². The SMILES string of the molecule is Nc1cccc2c(NCc3cncs3)ccnc12. The standard InChI is InChI=1S/C13H12N4S/c14-11-3-1-2-10-12(4-5-16-13(10)11)17-7-9-6-15-8-18-9/h1-6,8H,7,14H2,(H,16,17). The van der Waals surface area contributed by atoms with Gasteiger partial charge in [0.1, 0.15) is 0 Å². The number of para-hydroxylation sites is 1. The molecule has 3 N–H and O–H groups in total. The maximum absolute atomic E-state index is 5.92. The number of benzene rings is 1. The summed E-state index contributed by atoms with van der Waals surface area (Å²) >= 11 is 1.64. The van der Waals surface area contributed by atoms with Crippen LogP contribution in [0.5, 0.6) is 0 Å². The molecule has 2 heterocycles. The predicted octanol–water partition coefficient (Wildman–Crippen LogP) is 2.89. The lowest BCUT2D eigenvalue weighted by Gasteiger charge is -2.09. The molecule has 0 spiro atoms. The van der Waals surface area contributed by atoms with Gasteiger partial charge >= 0.3 is 0 Å². The number of pyridine rings is 1. The Morgan fingerprint density at radius 2 is 2.22 bits per heavy atom. The van der Waals surface area contributed by atoms with Crippen LogP contribution in [0, 0.1) is 0 Å². The fourth-order valence-corrected chi connectivity index (χ4v) is 2.40. The molecule has 90 valence electrons. The Morgan fingerprint density at radius 3 is 3.06 bits per heavy atom. The first kappa shape index (κ1) is 11.0. The van der Waals surface area contributed by atoms with Gasteiger partial charge < -0.3 is 11.1 Å². The van der Waals surface area contributed by atoms with Gasteiger partial charge in [0, 0.05) is 28.3 Å². The summed E-state index contributed by atoms with van der Waals surface area (Å²) < 4.78 is 0. The van der Waals surface area contributed by atoms with Crippen molar-refractivity contribution in [3.63, 3.8) is 0 Å². The van der Waals surface area contributed by atoms with Crippen molar-refractivity contribution in [1.29, 1.82) is 0 Å². The van der Waals surface area contributed by atoms with Gasteiger partial charge in [-0.25, -0.2) is 0 Å². The first-order valence-corrected chi connectivity index (χ1v) is 6.47. The van der Waals surface area contributed by atoms with Crippen LogP contribution in [0.4, 0.5) is 11.4 Å². The molecule has 0 atom stereocenters. The summed E-state index contributed by atoms with van der Waals surface area (Å²) in [6.07, 6.45) is 3.64. The molecule has 0 saturated carbocycles. The summed E-state index contributed by atoms with van der Waals surface area (Å²) in [5.41, 5.74) is 10.3. The van der Waals surface area contributed by atoms with E-state index in [1.807, 2.05) is 36.0 Å². The lowest BCUT2D eigenvalue weighted by molar-refractivity contribution is 1.18. The van der Waals surface area contributed by atoms with Crippen LogP contribution in [0.2, 0.25) is 0 Å². The minimum atomic E-state index is 0.703. The van der Waals surface area contributed by atoms with E-state index in [9.17, 15) is 0 Å². The van der Waals surface area contributed by atoms with Crippen molar-refractivity contribution >= 4 is 33.6 Å². The lowest BCUT2D eigenvalue weighted by Crippen LogP contribution is -1.99. The Morgan fingerprint density at radius 1 is 1.28 bits per heavy atom. The molecule has 3 rings (SSSR count). The number of nitrogens with two attached hydrogens (primary N) is 1. The molecule has 3 aromatic rings. The fraction of sp³-hybridized carbons (Fsp3) is 0.0769. The van der Waals surface area contributed by atoms with E-state index in [0.29, 0.717) is 5.69 Å². The van der Waals surface area contributed by atoms with Gasteiger partial charge in [-0.1, -0.05) is 12.1 Å². The second kappa shape index (κ2) is 4.62. The van der Waals surface area contributed by atoms with E-state index < -0.39 is 0 Å². The topological polar surface area (TPSA) is 63.8 Å². The Hall–Kier alpha value is -2.14. The number of thiazole rings is 1. The van der Waals surface area contributed by atoms with Crippen LogP contribution < -0.4 is 11.1 Å². The van der Waals surface area contributed by atoms with Gasteiger partial charge in [0.2, 0.25) is 0 Å². The Labute approximate surface area is 109 Å². The van der Waals surface area contributed by atoms with Crippen LogP contribution in [0.15, 0.2) is 42.2 Å². The normalized spacial score (nSPS) is 10.7. The largest absolute Gasteiger partial charge is 0.397 e. The van der Waals surface area contributed by atoms with Gasteiger partial charge in [-0.3, -0.25) is 9.97 Å². The molecule has 5 heteroatoms. The average Bonchev–Trinajstić information content (AvgIpc) is 2.90. The molecule has 0 aliphatic carbocycles. The molecule has 4 nitrogen and oxygen atoms in total. The third-order valence-electron chi connectivity index (χ3n) is 2.74. The van der Waals surface area contributed by atoms with Crippen molar-refractivity contribution in [2.75, 3.05) is 11.1 Å². The third kappa shape index (κ3) is 2.00. The van der Waals surface area contributed by atoms with E-state index in [-0.39, 0.29) is 0 Å². The third-order valence-corrected chi connectivity index (χ3v) is 3.52. The minimum Gasteiger partial charge on any atom is -0.397 e. The van der Waals surface area contributed by atoms with Crippen LogP contribution >= 0.6 is 11.3 Å². The number of fused-ring (bicyclic) bond motifs is 1. The Bertz CT molecular complexity index is 664. The zero-order chi connectivity index (χ0) is 12.4. The molecule has 0 saturated heterocycles. The highest BCUT2D eigenvalue weighted by Gasteiger charge is 2.04. The number of anilines is 2. The van der Waals surface area contributed by atoms with Gasteiger partial charge in [0.25, 0.3) is 0 Å². The highest BCUT2D eigenvalue weighted by molar-refractivity contribution is 7.09. The number of hydrogen-bond acceptors (Lipinski definition) is 5. The number of aromatic nitrogens is 2. The monoisotopic (exact) mass is 256 g/mol. The van der Waals surface area contributed by atoms with Gasteiger partial charge in [-0.15, -0.1) is 11.3 Å². The van der Waals surface area contributed by atoms with Crippen molar-refractivity contribution in [2.45, 2.75) is 6.54 Å². The highest BCUT2D eigenvalue weighted by atomic mass is 32.1. The average molecular weight is 256 g/mol. The van der Waals surface area contributed by atoms with Crippen molar-refractivity contribution in [3.8, 4) is 0 Å². The molecule has 0 fully saturated rings. The summed E-state index contributed by atoms with van der Waals surface area (Å²) in [4.78, 5) is 9.57. The van der Waals surface area contributed by atoms with Crippen LogP contribution in [0.25, 0.3) is 10.9 Å². The molecular weight excluding hydrogens is 244 g/mol. The first-order valence-electron chi connectivity index (χ1n) is 5.59. The van der Waals surface area contributed by atoms with Gasteiger partial charge in [-0.2, -0.15) is 0 Å². The predicted molar refractivity (Wildman–Crippen MR) is 75.6 cm³/mol. The molecule has 18 heavy (non-hydrogen) atoms. The number of rotatable bonds is 3. The summed E-state index contributed by atoms with van der Waals surface area (Å²) in [5, 5.41) is 4.44. The van der Waals surface area contributed by atoms with Crippen molar-refractivity contribution in [2.24, 2.45) is 0 Å². The van der Waals surface area contributed by atoms with Gasteiger partial charge in [0.15, 0.2) is 0 Å². The highest BCUT2D eigenvalue weighted by Crippen LogP contribution is 2.25. The molecule has 0 amide bonds. The van der Waals surface area contributed by atoms with Crippen molar-refractivity contribution in [1.82, 2.24) is 9.97 Å². The van der Waals surface area contributed by atoms with E-state index in [4.69, 9.17) is 5.73 Å². The summed E-state index contributed by atoms with van der Waals surface area (Å²) in [7, 11) is 0. The molecule has 0 bridgehead atoms. The fourth-order valence-electron chi connectivity index (χ4n) is 1.86. The van der Waals surface area contributed by atoms with E-state index in [1.54, 1.807) is 17.5 Å². The molecule has 0 unspecified atom stereocenters. The van der Waals surface area contributed by atoms with Crippen molar-refractivity contribution < 1.29 is 0 Å². The maximum Gasteiger partial charge on any atom is 0.0951 e. The zero-order valence-electron chi connectivity index (χ0n) is 9.63.